The highest BCUT2D eigenvalue weighted by molar-refractivity contribution is 6.42. The third-order valence-corrected chi connectivity index (χ3v) is 2.46. The maximum Gasteiger partial charge on any atom is 0.130 e. The molecule has 1 nitrogen and oxygen atoms in total. The molecule has 13 heavy (non-hydrogen) atoms. The van der Waals surface area contributed by atoms with Gasteiger partial charge in [0.1, 0.15) is 5.82 Å². The fourth-order valence-corrected chi connectivity index (χ4v) is 1.63. The van der Waals surface area contributed by atoms with E-state index in [9.17, 15) is 9.50 Å². The van der Waals surface area contributed by atoms with Gasteiger partial charge in [0.15, 0.2) is 0 Å². The molecule has 0 aliphatic rings. The van der Waals surface area contributed by atoms with E-state index in [1.165, 1.54) is 26.0 Å². The minimum atomic E-state index is -1.33. The van der Waals surface area contributed by atoms with Gasteiger partial charge >= 0.3 is 0 Å². The molecule has 0 aliphatic heterocycles. The van der Waals surface area contributed by atoms with Crippen LogP contribution in [0.4, 0.5) is 4.39 Å². The zero-order valence-corrected chi connectivity index (χ0v) is 8.75. The van der Waals surface area contributed by atoms with Crippen molar-refractivity contribution in [2.45, 2.75) is 19.4 Å². The third kappa shape index (κ3) is 2.13. The summed E-state index contributed by atoms with van der Waals surface area (Å²) in [7, 11) is 0. The van der Waals surface area contributed by atoms with Crippen molar-refractivity contribution < 1.29 is 9.50 Å². The first-order valence-electron chi connectivity index (χ1n) is 3.70. The number of aliphatic hydroxyl groups is 1. The van der Waals surface area contributed by atoms with Crippen molar-refractivity contribution in [2.24, 2.45) is 0 Å². The number of rotatable bonds is 1. The highest BCUT2D eigenvalue weighted by atomic mass is 35.5. The molecule has 4 heteroatoms. The van der Waals surface area contributed by atoms with Gasteiger partial charge in [0.05, 0.1) is 15.6 Å². The summed E-state index contributed by atoms with van der Waals surface area (Å²) in [6, 6.07) is 2.54. The zero-order valence-electron chi connectivity index (χ0n) is 7.24. The Morgan fingerprint density at radius 2 is 1.85 bits per heavy atom. The molecule has 0 saturated heterocycles. The van der Waals surface area contributed by atoms with Crippen LogP contribution in [-0.2, 0) is 5.60 Å². The molecule has 0 amide bonds. The summed E-state index contributed by atoms with van der Waals surface area (Å²) < 4.78 is 13.2. The largest absolute Gasteiger partial charge is 0.386 e. The van der Waals surface area contributed by atoms with Gasteiger partial charge in [0.25, 0.3) is 0 Å². The number of benzene rings is 1. The van der Waals surface area contributed by atoms with Crippen LogP contribution in [0.3, 0.4) is 0 Å². The van der Waals surface area contributed by atoms with E-state index in [0.717, 1.165) is 0 Å². The Balaban J connectivity index is 3.43. The predicted octanol–water partition coefficient (Wildman–Crippen LogP) is 3.36. The van der Waals surface area contributed by atoms with E-state index in [-0.39, 0.29) is 15.6 Å². The average Bonchev–Trinajstić information content (AvgIpc) is 1.95. The maximum absolute atomic E-state index is 13.2. The maximum atomic E-state index is 13.2. The normalized spacial score (nSPS) is 11.8. The van der Waals surface area contributed by atoms with Gasteiger partial charge in [-0.1, -0.05) is 23.2 Å². The van der Waals surface area contributed by atoms with Gasteiger partial charge in [-0.25, -0.2) is 4.39 Å². The van der Waals surface area contributed by atoms with Gasteiger partial charge in [0, 0.05) is 5.56 Å². The summed E-state index contributed by atoms with van der Waals surface area (Å²) in [6.07, 6.45) is 0. The molecule has 0 bridgehead atoms. The van der Waals surface area contributed by atoms with Crippen molar-refractivity contribution in [3.63, 3.8) is 0 Å². The number of hydrogen-bond donors (Lipinski definition) is 1. The van der Waals surface area contributed by atoms with Gasteiger partial charge in [-0.2, -0.15) is 0 Å². The lowest BCUT2D eigenvalue weighted by Gasteiger charge is -2.20. The lowest BCUT2D eigenvalue weighted by atomic mass is 9.98. The monoisotopic (exact) mass is 222 g/mol. The molecule has 0 fully saturated rings. The van der Waals surface area contributed by atoms with Crippen LogP contribution in [0, 0.1) is 5.82 Å². The Hall–Kier alpha value is -0.310. The first-order chi connectivity index (χ1) is 5.84. The van der Waals surface area contributed by atoms with Gasteiger partial charge < -0.3 is 5.11 Å². The van der Waals surface area contributed by atoms with E-state index < -0.39 is 11.4 Å². The minimum Gasteiger partial charge on any atom is -0.386 e. The first kappa shape index (κ1) is 10.8. The van der Waals surface area contributed by atoms with E-state index >= 15 is 0 Å². The molecule has 1 aromatic rings. The lowest BCUT2D eigenvalue weighted by Crippen LogP contribution is -2.18. The Morgan fingerprint density at radius 3 is 2.23 bits per heavy atom. The second-order valence-electron chi connectivity index (χ2n) is 3.28. The van der Waals surface area contributed by atoms with Gasteiger partial charge in [-0.05, 0) is 26.0 Å². The van der Waals surface area contributed by atoms with E-state index in [1.807, 2.05) is 0 Å². The molecule has 0 heterocycles. The van der Waals surface area contributed by atoms with Crippen molar-refractivity contribution in [3.8, 4) is 0 Å². The summed E-state index contributed by atoms with van der Waals surface area (Å²) in [5.41, 5.74) is -1.30. The van der Waals surface area contributed by atoms with Crippen LogP contribution in [0.2, 0.25) is 10.0 Å². The van der Waals surface area contributed by atoms with Crippen LogP contribution in [0.15, 0.2) is 12.1 Å². The van der Waals surface area contributed by atoms with Crippen molar-refractivity contribution in [1.29, 1.82) is 0 Å². The number of hydrogen-bond acceptors (Lipinski definition) is 1. The molecule has 0 spiro atoms. The first-order valence-corrected chi connectivity index (χ1v) is 4.46. The fourth-order valence-electron chi connectivity index (χ4n) is 1.09. The van der Waals surface area contributed by atoms with Crippen molar-refractivity contribution >= 4 is 23.2 Å². The number of halogens is 3. The van der Waals surface area contributed by atoms with Crippen LogP contribution in [0.1, 0.15) is 19.4 Å². The average molecular weight is 223 g/mol. The molecule has 0 aliphatic carbocycles. The standard InChI is InChI=1S/C9H9Cl2FO/c1-9(2,13)7-6(12)4-3-5(10)8(7)11/h3-4,13H,1-2H3. The smallest absolute Gasteiger partial charge is 0.130 e. The van der Waals surface area contributed by atoms with Gasteiger partial charge in [0.2, 0.25) is 0 Å². The van der Waals surface area contributed by atoms with Crippen LogP contribution in [0.25, 0.3) is 0 Å². The SMILES string of the molecule is CC(C)(O)c1c(F)ccc(Cl)c1Cl. The Bertz CT molecular complexity index is 331. The molecule has 0 aromatic heterocycles. The second kappa shape index (κ2) is 3.45. The van der Waals surface area contributed by atoms with Crippen molar-refractivity contribution in [1.82, 2.24) is 0 Å². The third-order valence-electron chi connectivity index (χ3n) is 1.66. The predicted molar refractivity (Wildman–Crippen MR) is 51.7 cm³/mol. The van der Waals surface area contributed by atoms with Crippen molar-refractivity contribution in [3.05, 3.63) is 33.6 Å². The van der Waals surface area contributed by atoms with Crippen LogP contribution in [-0.4, -0.2) is 5.11 Å². The summed E-state index contributed by atoms with van der Waals surface area (Å²) in [4.78, 5) is 0. The Labute approximate surface area is 86.1 Å². The Morgan fingerprint density at radius 1 is 1.31 bits per heavy atom. The zero-order chi connectivity index (χ0) is 10.2. The van der Waals surface area contributed by atoms with Gasteiger partial charge in [-0.15, -0.1) is 0 Å². The highest BCUT2D eigenvalue weighted by Gasteiger charge is 2.25. The van der Waals surface area contributed by atoms with E-state index in [2.05, 4.69) is 0 Å². The fraction of sp³-hybridized carbons (Fsp3) is 0.333. The van der Waals surface area contributed by atoms with E-state index in [1.54, 1.807) is 0 Å². The molecule has 1 aromatic carbocycles. The quantitative estimate of drug-likeness (QED) is 0.723. The molecule has 1 rings (SSSR count). The van der Waals surface area contributed by atoms with Gasteiger partial charge in [-0.3, -0.25) is 0 Å². The molecule has 72 valence electrons. The van der Waals surface area contributed by atoms with E-state index in [4.69, 9.17) is 23.2 Å². The highest BCUT2D eigenvalue weighted by Crippen LogP contribution is 2.34. The summed E-state index contributed by atoms with van der Waals surface area (Å²) >= 11 is 11.4. The molecular weight excluding hydrogens is 214 g/mol. The Kier molecular flexibility index (Phi) is 2.85. The molecule has 1 N–H and O–H groups in total. The minimum absolute atomic E-state index is 0.0293. The summed E-state index contributed by atoms with van der Waals surface area (Å²) in [6.45, 7) is 2.90. The molecular formula is C9H9Cl2FO. The molecule has 0 radical (unpaired) electrons. The molecule has 0 atom stereocenters. The van der Waals surface area contributed by atoms with E-state index in [0.29, 0.717) is 0 Å². The van der Waals surface area contributed by atoms with Crippen molar-refractivity contribution in [2.75, 3.05) is 0 Å². The van der Waals surface area contributed by atoms with Crippen LogP contribution < -0.4 is 0 Å². The van der Waals surface area contributed by atoms with Crippen LogP contribution in [0.5, 0.6) is 0 Å². The topological polar surface area (TPSA) is 20.2 Å². The second-order valence-corrected chi connectivity index (χ2v) is 4.06. The lowest BCUT2D eigenvalue weighted by molar-refractivity contribution is 0.0747. The molecule has 0 unspecified atom stereocenters. The summed E-state index contributed by atoms with van der Waals surface area (Å²) in [5, 5.41) is 9.89. The van der Waals surface area contributed by atoms with Crippen LogP contribution >= 0.6 is 23.2 Å². The molecule has 0 saturated carbocycles. The summed E-state index contributed by atoms with van der Waals surface area (Å²) in [5.74, 6) is -0.554.